The summed E-state index contributed by atoms with van der Waals surface area (Å²) in [5.74, 6) is 1.39. The van der Waals surface area contributed by atoms with E-state index in [1.54, 1.807) is 24.0 Å². The number of anilines is 1. The predicted octanol–water partition coefficient (Wildman–Crippen LogP) is 4.16. The van der Waals surface area contributed by atoms with Gasteiger partial charge in [0, 0.05) is 32.9 Å². The van der Waals surface area contributed by atoms with Crippen molar-refractivity contribution < 1.29 is 4.79 Å². The van der Waals surface area contributed by atoms with E-state index < -0.39 is 0 Å². The highest BCUT2D eigenvalue weighted by atomic mass is 79.9. The Bertz CT molecular complexity index is 637. The summed E-state index contributed by atoms with van der Waals surface area (Å²) < 4.78 is 0.881. The number of nitrogens with zero attached hydrogens (tertiary/aromatic N) is 2. The summed E-state index contributed by atoms with van der Waals surface area (Å²) in [5.41, 5.74) is 0. The maximum Gasteiger partial charge on any atom is 0.239 e. The summed E-state index contributed by atoms with van der Waals surface area (Å²) in [7, 11) is 1.93. The molecule has 0 radical (unpaired) electrons. The van der Waals surface area contributed by atoms with Gasteiger partial charge in [-0.05, 0) is 59.4 Å². The molecule has 1 N–H and O–H groups in total. The van der Waals surface area contributed by atoms with Crippen LogP contribution in [0.25, 0.3) is 0 Å². The molecule has 1 amide bonds. The van der Waals surface area contributed by atoms with Gasteiger partial charge in [0.2, 0.25) is 5.91 Å². The van der Waals surface area contributed by atoms with Crippen LogP contribution in [0.4, 0.5) is 5.82 Å². The fraction of sp³-hybridized carbons (Fsp3) is 0.250. The van der Waals surface area contributed by atoms with E-state index in [0.717, 1.165) is 21.8 Å². The van der Waals surface area contributed by atoms with Crippen LogP contribution < -0.4 is 5.32 Å². The SMILES string of the molecule is CN(CCSc1ccc(Cl)cc1)CC(=O)Nc1ccc(Br)cn1. The number of pyridine rings is 1. The largest absolute Gasteiger partial charge is 0.310 e. The molecule has 0 atom stereocenters. The Morgan fingerprint density at radius 1 is 1.30 bits per heavy atom. The fourth-order valence-electron chi connectivity index (χ4n) is 1.81. The van der Waals surface area contributed by atoms with Crippen LogP contribution in [-0.4, -0.2) is 41.7 Å². The Balaban J connectivity index is 1.69. The van der Waals surface area contributed by atoms with Crippen molar-refractivity contribution in [2.45, 2.75) is 4.90 Å². The Morgan fingerprint density at radius 2 is 2.04 bits per heavy atom. The van der Waals surface area contributed by atoms with Crippen LogP contribution in [0, 0.1) is 0 Å². The van der Waals surface area contributed by atoms with Crippen molar-refractivity contribution in [2.75, 3.05) is 31.2 Å². The molecule has 7 heteroatoms. The van der Waals surface area contributed by atoms with Crippen molar-refractivity contribution >= 4 is 51.0 Å². The zero-order chi connectivity index (χ0) is 16.7. The van der Waals surface area contributed by atoms with Gasteiger partial charge in [0.1, 0.15) is 5.82 Å². The van der Waals surface area contributed by atoms with Gasteiger partial charge < -0.3 is 5.32 Å². The number of amides is 1. The standard InChI is InChI=1S/C16H17BrClN3OS/c1-21(8-9-23-14-5-3-13(18)4-6-14)11-16(22)20-15-7-2-12(17)10-19-15/h2-7,10H,8-9,11H2,1H3,(H,19,20,22). The third-order valence-electron chi connectivity index (χ3n) is 2.96. The Morgan fingerprint density at radius 3 is 2.70 bits per heavy atom. The van der Waals surface area contributed by atoms with Crippen LogP contribution in [-0.2, 0) is 4.79 Å². The van der Waals surface area contributed by atoms with Gasteiger partial charge in [-0.2, -0.15) is 0 Å². The van der Waals surface area contributed by atoms with Gasteiger partial charge in [-0.15, -0.1) is 11.8 Å². The van der Waals surface area contributed by atoms with E-state index in [0.29, 0.717) is 12.4 Å². The molecule has 0 unspecified atom stereocenters. The summed E-state index contributed by atoms with van der Waals surface area (Å²) >= 11 is 10.9. The summed E-state index contributed by atoms with van der Waals surface area (Å²) in [4.78, 5) is 19.2. The van der Waals surface area contributed by atoms with Crippen LogP contribution in [0.15, 0.2) is 52.0 Å². The van der Waals surface area contributed by atoms with Gasteiger partial charge in [-0.1, -0.05) is 11.6 Å². The quantitative estimate of drug-likeness (QED) is 0.691. The summed E-state index contributed by atoms with van der Waals surface area (Å²) in [5, 5.41) is 3.52. The van der Waals surface area contributed by atoms with E-state index in [-0.39, 0.29) is 5.91 Å². The van der Waals surface area contributed by atoms with E-state index in [9.17, 15) is 4.79 Å². The molecule has 0 fully saturated rings. The van der Waals surface area contributed by atoms with Crippen LogP contribution in [0.1, 0.15) is 0 Å². The van der Waals surface area contributed by atoms with Crippen LogP contribution in [0.2, 0.25) is 5.02 Å². The zero-order valence-corrected chi connectivity index (χ0v) is 15.8. The molecule has 0 bridgehead atoms. The minimum atomic E-state index is -0.0705. The Labute approximate surface area is 153 Å². The van der Waals surface area contributed by atoms with Gasteiger partial charge in [0.15, 0.2) is 0 Å². The monoisotopic (exact) mass is 413 g/mol. The Hall–Kier alpha value is -1.08. The predicted molar refractivity (Wildman–Crippen MR) is 100 cm³/mol. The van der Waals surface area contributed by atoms with Gasteiger partial charge in [-0.25, -0.2) is 4.98 Å². The number of carbonyl (C=O) groups excluding carboxylic acids is 1. The van der Waals surface area contributed by atoms with E-state index in [2.05, 4.69) is 26.2 Å². The molecule has 122 valence electrons. The number of hydrogen-bond acceptors (Lipinski definition) is 4. The number of nitrogens with one attached hydrogen (secondary N) is 1. The first kappa shape index (κ1) is 18.3. The van der Waals surface area contributed by atoms with Gasteiger partial charge in [-0.3, -0.25) is 9.69 Å². The fourth-order valence-corrected chi connectivity index (χ4v) is 3.13. The number of thioether (sulfide) groups is 1. The van der Waals surface area contributed by atoms with Gasteiger partial charge in [0.05, 0.1) is 6.54 Å². The Kier molecular flexibility index (Phi) is 7.36. The maximum atomic E-state index is 12.0. The maximum absolute atomic E-state index is 12.0. The number of likely N-dealkylation sites (N-methyl/N-ethyl adjacent to an activating group) is 1. The molecule has 1 heterocycles. The summed E-state index contributed by atoms with van der Waals surface area (Å²) in [6.45, 7) is 1.15. The lowest BCUT2D eigenvalue weighted by Crippen LogP contribution is -2.31. The van der Waals surface area contributed by atoms with Crippen molar-refractivity contribution in [3.05, 3.63) is 52.1 Å². The highest BCUT2D eigenvalue weighted by Gasteiger charge is 2.07. The van der Waals surface area contributed by atoms with Crippen molar-refractivity contribution in [3.8, 4) is 0 Å². The normalized spacial score (nSPS) is 10.8. The molecule has 0 saturated carbocycles. The molecule has 0 aliphatic heterocycles. The molecule has 1 aromatic carbocycles. The number of rotatable bonds is 7. The number of benzene rings is 1. The average Bonchev–Trinajstić information content (AvgIpc) is 2.51. The lowest BCUT2D eigenvalue weighted by molar-refractivity contribution is -0.117. The molecule has 0 aliphatic rings. The third kappa shape index (κ3) is 6.91. The highest BCUT2D eigenvalue weighted by molar-refractivity contribution is 9.10. The van der Waals surface area contributed by atoms with E-state index in [4.69, 9.17) is 11.6 Å². The van der Waals surface area contributed by atoms with Crippen molar-refractivity contribution in [3.63, 3.8) is 0 Å². The first-order valence-corrected chi connectivity index (χ1v) is 9.17. The second-order valence-corrected chi connectivity index (χ2v) is 7.47. The minimum Gasteiger partial charge on any atom is -0.310 e. The number of halogens is 2. The lowest BCUT2D eigenvalue weighted by atomic mass is 10.4. The molecule has 2 aromatic rings. The molecule has 2 rings (SSSR count). The molecule has 1 aromatic heterocycles. The lowest BCUT2D eigenvalue weighted by Gasteiger charge is -2.15. The van der Waals surface area contributed by atoms with Crippen LogP contribution in [0.3, 0.4) is 0 Å². The molecule has 4 nitrogen and oxygen atoms in total. The van der Waals surface area contributed by atoms with E-state index in [1.807, 2.05) is 42.3 Å². The van der Waals surface area contributed by atoms with Crippen molar-refractivity contribution in [2.24, 2.45) is 0 Å². The van der Waals surface area contributed by atoms with E-state index in [1.165, 1.54) is 4.90 Å². The molecule has 23 heavy (non-hydrogen) atoms. The average molecular weight is 415 g/mol. The number of aromatic nitrogens is 1. The second-order valence-electron chi connectivity index (χ2n) is 4.95. The molecule has 0 spiro atoms. The zero-order valence-electron chi connectivity index (χ0n) is 12.6. The summed E-state index contributed by atoms with van der Waals surface area (Å²) in [6, 6.07) is 11.4. The third-order valence-corrected chi connectivity index (χ3v) is 4.68. The highest BCUT2D eigenvalue weighted by Crippen LogP contribution is 2.20. The van der Waals surface area contributed by atoms with Crippen molar-refractivity contribution in [1.29, 1.82) is 0 Å². The number of hydrogen-bond donors (Lipinski definition) is 1. The van der Waals surface area contributed by atoms with Crippen molar-refractivity contribution in [1.82, 2.24) is 9.88 Å². The van der Waals surface area contributed by atoms with Crippen LogP contribution >= 0.6 is 39.3 Å². The molecule has 0 saturated heterocycles. The smallest absolute Gasteiger partial charge is 0.239 e. The second kappa shape index (κ2) is 9.27. The molecule has 0 aliphatic carbocycles. The van der Waals surface area contributed by atoms with Gasteiger partial charge >= 0.3 is 0 Å². The van der Waals surface area contributed by atoms with E-state index >= 15 is 0 Å². The number of carbonyl (C=O) groups is 1. The van der Waals surface area contributed by atoms with Crippen LogP contribution in [0.5, 0.6) is 0 Å². The summed E-state index contributed by atoms with van der Waals surface area (Å²) in [6.07, 6.45) is 1.65. The minimum absolute atomic E-state index is 0.0705. The first-order valence-electron chi connectivity index (χ1n) is 7.01. The topological polar surface area (TPSA) is 45.2 Å². The van der Waals surface area contributed by atoms with Gasteiger partial charge in [0.25, 0.3) is 0 Å². The molecular formula is C16H17BrClN3OS. The molecular weight excluding hydrogens is 398 g/mol. The first-order chi connectivity index (χ1) is 11.0.